The summed E-state index contributed by atoms with van der Waals surface area (Å²) in [6.07, 6.45) is 1.74. The Bertz CT molecular complexity index is 1660. The first-order valence-electron chi connectivity index (χ1n) is 14.3. The third-order valence-electron chi connectivity index (χ3n) is 8.28. The standard InChI is InChI=1S/C34H35N5O3/c1-22-8-5-6-11-27(22)28-18-25(33(40)38-16-14-37(15-17-38)31-20-26(42-4)12-13-35-31)19-30-29(28)21-36-34(41)39(30)32-23(2)9-7-10-24(32)3/h5-13,18-20H,14-17,21H2,1-4H3,(H,36,41). The molecule has 0 atom stereocenters. The topological polar surface area (TPSA) is 78.0 Å². The molecule has 42 heavy (non-hydrogen) atoms. The van der Waals surface area contributed by atoms with E-state index in [-0.39, 0.29) is 11.9 Å². The Labute approximate surface area is 246 Å². The lowest BCUT2D eigenvalue weighted by Gasteiger charge is -2.36. The molecule has 4 aromatic rings. The van der Waals surface area contributed by atoms with Gasteiger partial charge in [-0.3, -0.25) is 9.69 Å². The molecule has 214 valence electrons. The summed E-state index contributed by atoms with van der Waals surface area (Å²) in [5.41, 5.74) is 8.28. The van der Waals surface area contributed by atoms with Crippen molar-refractivity contribution in [1.82, 2.24) is 15.2 Å². The molecule has 0 radical (unpaired) electrons. The van der Waals surface area contributed by atoms with Crippen LogP contribution >= 0.6 is 0 Å². The second-order valence-corrected chi connectivity index (χ2v) is 10.9. The molecule has 1 saturated heterocycles. The zero-order valence-corrected chi connectivity index (χ0v) is 24.5. The molecule has 0 unspecified atom stereocenters. The number of methoxy groups -OCH3 is 1. The molecule has 3 heterocycles. The quantitative estimate of drug-likeness (QED) is 0.323. The van der Waals surface area contributed by atoms with Gasteiger partial charge >= 0.3 is 6.03 Å². The molecule has 8 nitrogen and oxygen atoms in total. The van der Waals surface area contributed by atoms with E-state index >= 15 is 0 Å². The number of carbonyl (C=O) groups excluding carboxylic acids is 2. The Kier molecular flexibility index (Phi) is 7.29. The van der Waals surface area contributed by atoms with Gasteiger partial charge in [0, 0.05) is 56.1 Å². The highest BCUT2D eigenvalue weighted by atomic mass is 16.5. The fourth-order valence-electron chi connectivity index (χ4n) is 6.03. The number of ether oxygens (including phenoxy) is 1. The van der Waals surface area contributed by atoms with Crippen LogP contribution in [0.25, 0.3) is 11.1 Å². The molecular formula is C34H35N5O3. The molecule has 3 aromatic carbocycles. The lowest BCUT2D eigenvalue weighted by molar-refractivity contribution is 0.0746. The van der Waals surface area contributed by atoms with Crippen LogP contribution in [-0.2, 0) is 6.54 Å². The first kappa shape index (κ1) is 27.3. The van der Waals surface area contributed by atoms with Crippen LogP contribution in [0.15, 0.2) is 72.9 Å². The van der Waals surface area contributed by atoms with Gasteiger partial charge in [-0.25, -0.2) is 9.78 Å². The minimum atomic E-state index is -0.195. The number of hydrogen-bond donors (Lipinski definition) is 1. The summed E-state index contributed by atoms with van der Waals surface area (Å²) >= 11 is 0. The molecule has 0 saturated carbocycles. The minimum Gasteiger partial charge on any atom is -0.497 e. The van der Waals surface area contributed by atoms with Gasteiger partial charge in [0.05, 0.1) is 18.5 Å². The highest BCUT2D eigenvalue weighted by Gasteiger charge is 2.32. The zero-order chi connectivity index (χ0) is 29.4. The molecule has 0 spiro atoms. The summed E-state index contributed by atoms with van der Waals surface area (Å²) in [7, 11) is 1.64. The number of carbonyl (C=O) groups is 2. The number of pyridine rings is 1. The van der Waals surface area contributed by atoms with E-state index < -0.39 is 0 Å². The van der Waals surface area contributed by atoms with E-state index in [2.05, 4.69) is 34.3 Å². The van der Waals surface area contributed by atoms with Crippen molar-refractivity contribution in [2.75, 3.05) is 43.1 Å². The Morgan fingerprint density at radius 3 is 2.29 bits per heavy atom. The van der Waals surface area contributed by atoms with Gasteiger partial charge in [-0.1, -0.05) is 42.5 Å². The zero-order valence-electron chi connectivity index (χ0n) is 24.5. The predicted molar refractivity (Wildman–Crippen MR) is 166 cm³/mol. The molecule has 1 N–H and O–H groups in total. The lowest BCUT2D eigenvalue weighted by atomic mass is 9.90. The van der Waals surface area contributed by atoms with Crippen molar-refractivity contribution in [1.29, 1.82) is 0 Å². The number of nitrogens with one attached hydrogen (secondary N) is 1. The van der Waals surface area contributed by atoms with Gasteiger partial charge < -0.3 is 19.9 Å². The van der Waals surface area contributed by atoms with Crippen molar-refractivity contribution in [2.45, 2.75) is 27.3 Å². The van der Waals surface area contributed by atoms with Crippen LogP contribution in [0.4, 0.5) is 22.0 Å². The molecule has 2 aliphatic rings. The van der Waals surface area contributed by atoms with Crippen LogP contribution in [0.1, 0.15) is 32.6 Å². The number of urea groups is 1. The van der Waals surface area contributed by atoms with Crippen LogP contribution in [0.3, 0.4) is 0 Å². The molecule has 6 rings (SSSR count). The summed E-state index contributed by atoms with van der Waals surface area (Å²) in [6, 6.07) is 21.7. The number of anilines is 3. The average Bonchev–Trinajstić information content (AvgIpc) is 3.01. The van der Waals surface area contributed by atoms with E-state index in [0.717, 1.165) is 56.3 Å². The van der Waals surface area contributed by atoms with Crippen LogP contribution < -0.4 is 19.9 Å². The summed E-state index contributed by atoms with van der Waals surface area (Å²) in [4.78, 5) is 37.9. The number of aromatic nitrogens is 1. The number of aryl methyl sites for hydroxylation is 3. The summed E-state index contributed by atoms with van der Waals surface area (Å²) in [5, 5.41) is 3.08. The number of hydrogen-bond acceptors (Lipinski definition) is 5. The normalized spacial score (nSPS) is 14.9. The Balaban J connectivity index is 1.40. The van der Waals surface area contributed by atoms with Crippen molar-refractivity contribution < 1.29 is 14.3 Å². The second kappa shape index (κ2) is 11.2. The number of amides is 3. The van der Waals surface area contributed by atoms with Gasteiger partial charge in [0.25, 0.3) is 5.91 Å². The number of nitrogens with zero attached hydrogens (tertiary/aromatic N) is 4. The first-order chi connectivity index (χ1) is 20.4. The van der Waals surface area contributed by atoms with Gasteiger partial charge in [-0.15, -0.1) is 0 Å². The maximum Gasteiger partial charge on any atom is 0.326 e. The van der Waals surface area contributed by atoms with E-state index in [1.54, 1.807) is 18.2 Å². The molecular weight excluding hydrogens is 526 g/mol. The minimum absolute atomic E-state index is 0.0432. The SMILES string of the molecule is COc1ccnc(N2CCN(C(=O)c3cc(-c4ccccc4C)c4c(c3)N(c3c(C)cccc3C)C(=O)NC4)CC2)c1. The third-order valence-corrected chi connectivity index (χ3v) is 8.28. The molecule has 0 aliphatic carbocycles. The van der Waals surface area contributed by atoms with Gasteiger partial charge in [-0.2, -0.15) is 0 Å². The van der Waals surface area contributed by atoms with E-state index in [1.807, 2.05) is 73.3 Å². The van der Waals surface area contributed by atoms with Gasteiger partial charge in [0.1, 0.15) is 11.6 Å². The monoisotopic (exact) mass is 561 g/mol. The molecule has 1 aromatic heterocycles. The smallest absolute Gasteiger partial charge is 0.326 e. The number of fused-ring (bicyclic) bond motifs is 1. The molecule has 0 bridgehead atoms. The number of piperazine rings is 1. The van der Waals surface area contributed by atoms with E-state index in [4.69, 9.17) is 4.74 Å². The van der Waals surface area contributed by atoms with Crippen LogP contribution in [0.5, 0.6) is 5.75 Å². The Hall–Kier alpha value is -4.85. The molecule has 2 aliphatic heterocycles. The van der Waals surface area contributed by atoms with Crippen molar-refractivity contribution in [3.8, 4) is 16.9 Å². The Morgan fingerprint density at radius 1 is 0.857 bits per heavy atom. The maximum absolute atomic E-state index is 14.1. The first-order valence-corrected chi connectivity index (χ1v) is 14.3. The fourth-order valence-corrected chi connectivity index (χ4v) is 6.03. The maximum atomic E-state index is 14.1. The summed E-state index contributed by atoms with van der Waals surface area (Å²) in [5.74, 6) is 1.56. The lowest BCUT2D eigenvalue weighted by Crippen LogP contribution is -2.49. The third kappa shape index (κ3) is 4.93. The highest BCUT2D eigenvalue weighted by molar-refractivity contribution is 6.07. The molecule has 1 fully saturated rings. The van der Waals surface area contributed by atoms with Crippen molar-refractivity contribution in [2.24, 2.45) is 0 Å². The van der Waals surface area contributed by atoms with E-state index in [9.17, 15) is 9.59 Å². The van der Waals surface area contributed by atoms with Crippen molar-refractivity contribution >= 4 is 29.1 Å². The van der Waals surface area contributed by atoms with Gasteiger partial charge in [0.2, 0.25) is 0 Å². The van der Waals surface area contributed by atoms with Crippen molar-refractivity contribution in [3.63, 3.8) is 0 Å². The molecule has 3 amide bonds. The van der Waals surface area contributed by atoms with E-state index in [1.165, 1.54) is 0 Å². The van der Waals surface area contributed by atoms with Crippen molar-refractivity contribution in [3.05, 3.63) is 101 Å². The number of para-hydroxylation sites is 1. The predicted octanol–water partition coefficient (Wildman–Crippen LogP) is 6.01. The van der Waals surface area contributed by atoms with Crippen LogP contribution in [0.2, 0.25) is 0 Å². The average molecular weight is 562 g/mol. The van der Waals surface area contributed by atoms with Gasteiger partial charge in [0.15, 0.2) is 0 Å². The van der Waals surface area contributed by atoms with Gasteiger partial charge in [-0.05, 0) is 66.8 Å². The Morgan fingerprint density at radius 2 is 1.57 bits per heavy atom. The van der Waals surface area contributed by atoms with E-state index in [0.29, 0.717) is 38.3 Å². The van der Waals surface area contributed by atoms with Crippen LogP contribution in [-0.4, -0.2) is 55.1 Å². The summed E-state index contributed by atoms with van der Waals surface area (Å²) in [6.45, 7) is 8.95. The number of rotatable bonds is 5. The highest BCUT2D eigenvalue weighted by Crippen LogP contribution is 2.42. The summed E-state index contributed by atoms with van der Waals surface area (Å²) < 4.78 is 5.36. The molecule has 8 heteroatoms. The second-order valence-electron chi connectivity index (χ2n) is 10.9. The number of benzene rings is 3. The van der Waals surface area contributed by atoms with Crippen LogP contribution in [0, 0.1) is 20.8 Å². The largest absolute Gasteiger partial charge is 0.497 e. The fraction of sp³-hybridized carbons (Fsp3) is 0.265.